The molecule has 0 amide bonds. The summed E-state index contributed by atoms with van der Waals surface area (Å²) in [5, 5.41) is 4.50. The Labute approximate surface area is 93.7 Å². The molecule has 0 bridgehead atoms. The Morgan fingerprint density at radius 1 is 1.27 bits per heavy atom. The van der Waals surface area contributed by atoms with Gasteiger partial charge >= 0.3 is 0 Å². The average molecular weight is 208 g/mol. The molecule has 1 rings (SSSR count). The molecule has 15 heavy (non-hydrogen) atoms. The summed E-state index contributed by atoms with van der Waals surface area (Å²) in [7, 11) is 1.98. The predicted octanol–water partition coefficient (Wildman–Crippen LogP) is 3.67. The normalized spacial score (nSPS) is 12.0. The molecule has 0 aliphatic heterocycles. The summed E-state index contributed by atoms with van der Waals surface area (Å²) in [6.45, 7) is 6.84. The van der Waals surface area contributed by atoms with E-state index in [-0.39, 0.29) is 5.41 Å². The third-order valence-corrected chi connectivity index (χ3v) is 3.06. The fourth-order valence-corrected chi connectivity index (χ4v) is 1.90. The first kappa shape index (κ1) is 12.3. The van der Waals surface area contributed by atoms with Crippen LogP contribution in [0.15, 0.2) is 12.3 Å². The lowest BCUT2D eigenvalue weighted by atomic mass is 9.84. The lowest BCUT2D eigenvalue weighted by Crippen LogP contribution is -2.18. The summed E-state index contributed by atoms with van der Waals surface area (Å²) < 4.78 is 1.89. The zero-order chi connectivity index (χ0) is 11.3. The monoisotopic (exact) mass is 208 g/mol. The predicted molar refractivity (Wildman–Crippen MR) is 65.0 cm³/mol. The number of aryl methyl sites for hydroxylation is 1. The molecule has 2 heteroatoms. The fraction of sp³-hybridized carbons (Fsp3) is 0.769. The molecule has 1 aromatic rings. The van der Waals surface area contributed by atoms with Gasteiger partial charge in [0.2, 0.25) is 0 Å². The summed E-state index contributed by atoms with van der Waals surface area (Å²) in [4.78, 5) is 0. The van der Waals surface area contributed by atoms with Crippen LogP contribution in [-0.4, -0.2) is 9.78 Å². The van der Waals surface area contributed by atoms with Crippen molar-refractivity contribution in [3.63, 3.8) is 0 Å². The fourth-order valence-electron chi connectivity index (χ4n) is 1.90. The van der Waals surface area contributed by atoms with Crippen molar-refractivity contribution < 1.29 is 0 Å². The van der Waals surface area contributed by atoms with Crippen molar-refractivity contribution in [2.45, 2.75) is 58.3 Å². The molecule has 0 aromatic carbocycles. The largest absolute Gasteiger partial charge is 0.276 e. The van der Waals surface area contributed by atoms with Crippen LogP contribution < -0.4 is 0 Å². The number of hydrogen-bond donors (Lipinski definition) is 0. The second-order valence-corrected chi connectivity index (χ2v) is 5.07. The Bertz CT molecular complexity index is 286. The minimum atomic E-state index is 0.231. The van der Waals surface area contributed by atoms with Crippen LogP contribution >= 0.6 is 0 Å². The highest BCUT2D eigenvalue weighted by Crippen LogP contribution is 2.27. The summed E-state index contributed by atoms with van der Waals surface area (Å²) in [6, 6.07) is 2.14. The molecule has 0 spiro atoms. The number of rotatable bonds is 6. The Morgan fingerprint density at radius 2 is 2.00 bits per heavy atom. The third-order valence-electron chi connectivity index (χ3n) is 3.06. The van der Waals surface area contributed by atoms with Crippen molar-refractivity contribution in [2.24, 2.45) is 7.05 Å². The molecule has 1 aromatic heterocycles. The molecular formula is C13H24N2. The van der Waals surface area contributed by atoms with Crippen LogP contribution in [0, 0.1) is 0 Å². The van der Waals surface area contributed by atoms with Crippen molar-refractivity contribution in [3.8, 4) is 0 Å². The van der Waals surface area contributed by atoms with E-state index in [0.717, 1.165) is 0 Å². The van der Waals surface area contributed by atoms with Gasteiger partial charge in [-0.1, -0.05) is 46.5 Å². The van der Waals surface area contributed by atoms with Crippen LogP contribution in [-0.2, 0) is 12.5 Å². The lowest BCUT2D eigenvalue weighted by Gasteiger charge is -2.22. The van der Waals surface area contributed by atoms with Gasteiger partial charge in [0.15, 0.2) is 0 Å². The standard InChI is InChI=1S/C13H24N2/c1-5-6-7-8-10-13(2,3)12-9-11-15(4)14-12/h9,11H,5-8,10H2,1-4H3. The maximum atomic E-state index is 4.50. The maximum absolute atomic E-state index is 4.50. The number of nitrogens with zero attached hydrogens (tertiary/aromatic N) is 2. The highest BCUT2D eigenvalue weighted by atomic mass is 15.2. The van der Waals surface area contributed by atoms with E-state index >= 15 is 0 Å². The summed E-state index contributed by atoms with van der Waals surface area (Å²) in [5.41, 5.74) is 1.45. The Hall–Kier alpha value is -0.790. The van der Waals surface area contributed by atoms with E-state index in [2.05, 4.69) is 31.9 Å². The summed E-state index contributed by atoms with van der Waals surface area (Å²) in [6.07, 6.45) is 8.61. The van der Waals surface area contributed by atoms with Crippen LogP contribution in [0.4, 0.5) is 0 Å². The lowest BCUT2D eigenvalue weighted by molar-refractivity contribution is 0.430. The quantitative estimate of drug-likeness (QED) is 0.652. The molecule has 0 saturated heterocycles. The van der Waals surface area contributed by atoms with Gasteiger partial charge < -0.3 is 0 Å². The number of aromatic nitrogens is 2. The van der Waals surface area contributed by atoms with E-state index in [1.807, 2.05) is 17.9 Å². The van der Waals surface area contributed by atoms with E-state index in [1.54, 1.807) is 0 Å². The first-order valence-corrected chi connectivity index (χ1v) is 6.06. The van der Waals surface area contributed by atoms with Gasteiger partial charge in [0.05, 0.1) is 5.69 Å². The molecular weight excluding hydrogens is 184 g/mol. The molecule has 0 atom stereocenters. The van der Waals surface area contributed by atoms with Gasteiger partial charge in [0.1, 0.15) is 0 Å². The van der Waals surface area contributed by atoms with E-state index in [1.165, 1.54) is 37.8 Å². The highest BCUT2D eigenvalue weighted by molar-refractivity contribution is 5.11. The molecule has 0 aliphatic rings. The van der Waals surface area contributed by atoms with Gasteiger partial charge in [-0.15, -0.1) is 0 Å². The number of unbranched alkanes of at least 4 members (excludes halogenated alkanes) is 3. The number of hydrogen-bond acceptors (Lipinski definition) is 1. The molecule has 1 heterocycles. The Kier molecular flexibility index (Phi) is 4.37. The van der Waals surface area contributed by atoms with Crippen LogP contribution in [0.25, 0.3) is 0 Å². The van der Waals surface area contributed by atoms with Crippen molar-refractivity contribution in [1.29, 1.82) is 0 Å². The van der Waals surface area contributed by atoms with E-state index in [9.17, 15) is 0 Å². The van der Waals surface area contributed by atoms with Crippen molar-refractivity contribution >= 4 is 0 Å². The molecule has 0 aliphatic carbocycles. The molecule has 0 saturated carbocycles. The first-order valence-electron chi connectivity index (χ1n) is 6.06. The highest BCUT2D eigenvalue weighted by Gasteiger charge is 2.22. The van der Waals surface area contributed by atoms with E-state index < -0.39 is 0 Å². The Balaban J connectivity index is 2.44. The third kappa shape index (κ3) is 3.69. The zero-order valence-electron chi connectivity index (χ0n) is 10.6. The second-order valence-electron chi connectivity index (χ2n) is 5.07. The van der Waals surface area contributed by atoms with Gasteiger partial charge in [0.25, 0.3) is 0 Å². The smallest absolute Gasteiger partial charge is 0.0680 e. The first-order chi connectivity index (χ1) is 7.06. The van der Waals surface area contributed by atoms with Crippen molar-refractivity contribution in [2.75, 3.05) is 0 Å². The SMILES string of the molecule is CCCCCCC(C)(C)c1ccn(C)n1. The summed E-state index contributed by atoms with van der Waals surface area (Å²) >= 11 is 0. The van der Waals surface area contributed by atoms with Crippen LogP contribution in [0.1, 0.15) is 58.6 Å². The zero-order valence-corrected chi connectivity index (χ0v) is 10.6. The minimum absolute atomic E-state index is 0.231. The summed E-state index contributed by atoms with van der Waals surface area (Å²) in [5.74, 6) is 0. The van der Waals surface area contributed by atoms with Crippen molar-refractivity contribution in [3.05, 3.63) is 18.0 Å². The molecule has 0 N–H and O–H groups in total. The molecule has 0 unspecified atom stereocenters. The molecule has 0 fully saturated rings. The van der Waals surface area contributed by atoms with Gasteiger partial charge in [-0.05, 0) is 12.5 Å². The maximum Gasteiger partial charge on any atom is 0.0680 e. The minimum Gasteiger partial charge on any atom is -0.276 e. The van der Waals surface area contributed by atoms with Gasteiger partial charge in [0, 0.05) is 18.7 Å². The van der Waals surface area contributed by atoms with Crippen LogP contribution in [0.2, 0.25) is 0 Å². The second kappa shape index (κ2) is 5.34. The van der Waals surface area contributed by atoms with E-state index in [4.69, 9.17) is 0 Å². The van der Waals surface area contributed by atoms with Gasteiger partial charge in [-0.3, -0.25) is 4.68 Å². The van der Waals surface area contributed by atoms with Crippen LogP contribution in [0.3, 0.4) is 0 Å². The Morgan fingerprint density at radius 3 is 2.53 bits per heavy atom. The van der Waals surface area contributed by atoms with Gasteiger partial charge in [-0.2, -0.15) is 5.10 Å². The molecule has 86 valence electrons. The average Bonchev–Trinajstić information content (AvgIpc) is 2.60. The van der Waals surface area contributed by atoms with Crippen LogP contribution in [0.5, 0.6) is 0 Å². The van der Waals surface area contributed by atoms with Gasteiger partial charge in [-0.25, -0.2) is 0 Å². The topological polar surface area (TPSA) is 17.8 Å². The van der Waals surface area contributed by atoms with Crippen molar-refractivity contribution in [1.82, 2.24) is 9.78 Å². The van der Waals surface area contributed by atoms with E-state index in [0.29, 0.717) is 0 Å². The molecule has 0 radical (unpaired) electrons. The molecule has 2 nitrogen and oxygen atoms in total.